The van der Waals surface area contributed by atoms with Crippen molar-refractivity contribution in [1.29, 1.82) is 0 Å². The molecule has 1 heteroatoms. The van der Waals surface area contributed by atoms with Crippen LogP contribution >= 0.6 is 0 Å². The molecule has 0 aliphatic heterocycles. The lowest BCUT2D eigenvalue weighted by atomic mass is 10.1. The lowest BCUT2D eigenvalue weighted by molar-refractivity contribution is 1.16. The van der Waals surface area contributed by atoms with Gasteiger partial charge < -0.3 is 0 Å². The third-order valence-corrected chi connectivity index (χ3v) is 5.19. The molecule has 16 heavy (non-hydrogen) atoms. The Morgan fingerprint density at radius 1 is 0.750 bits per heavy atom. The zero-order chi connectivity index (χ0) is 11.1. The van der Waals surface area contributed by atoms with Crippen LogP contribution in [0.2, 0.25) is 13.1 Å². The molecule has 0 fully saturated rings. The molecule has 0 amide bonds. The van der Waals surface area contributed by atoms with Crippen molar-refractivity contribution in [1.82, 2.24) is 0 Å². The van der Waals surface area contributed by atoms with E-state index >= 15 is 0 Å². The fraction of sp³-hybridized carbons (Fsp3) is 0.200. The highest BCUT2D eigenvalue weighted by atomic mass is 28.3. The minimum atomic E-state index is -0.336. The molecule has 0 nitrogen and oxygen atoms in total. The first-order valence-corrected chi connectivity index (χ1v) is 8.35. The first-order valence-electron chi connectivity index (χ1n) is 5.77. The summed E-state index contributed by atoms with van der Waals surface area (Å²) in [6, 6.07) is 17.8. The van der Waals surface area contributed by atoms with Gasteiger partial charge in [0.2, 0.25) is 0 Å². The normalized spacial score (nSPS) is 13.9. The molecule has 1 radical (unpaired) electrons. The third kappa shape index (κ3) is 1.28. The number of hydrogen-bond donors (Lipinski definition) is 0. The monoisotopic (exact) mass is 223 g/mol. The summed E-state index contributed by atoms with van der Waals surface area (Å²) >= 11 is 0. The van der Waals surface area contributed by atoms with Gasteiger partial charge in [-0.05, 0) is 22.3 Å². The summed E-state index contributed by atoms with van der Waals surface area (Å²) in [6.45, 7) is 4.82. The third-order valence-electron chi connectivity index (χ3n) is 3.41. The lowest BCUT2D eigenvalue weighted by Gasteiger charge is -2.16. The van der Waals surface area contributed by atoms with E-state index in [0.717, 1.165) is 0 Å². The first-order chi connectivity index (χ1) is 7.79. The van der Waals surface area contributed by atoms with E-state index in [9.17, 15) is 0 Å². The molecule has 0 heterocycles. The van der Waals surface area contributed by atoms with E-state index in [2.05, 4.69) is 61.6 Å². The molecule has 2 aromatic carbocycles. The molecule has 1 aliphatic carbocycles. The van der Waals surface area contributed by atoms with Gasteiger partial charge in [-0.2, -0.15) is 0 Å². The predicted octanol–water partition coefficient (Wildman–Crippen LogP) is 4.09. The highest BCUT2D eigenvalue weighted by Gasteiger charge is 2.30. The quantitative estimate of drug-likeness (QED) is 0.639. The van der Waals surface area contributed by atoms with E-state index in [4.69, 9.17) is 0 Å². The smallest absolute Gasteiger partial charge is 0.0556 e. The van der Waals surface area contributed by atoms with Crippen molar-refractivity contribution in [2.75, 3.05) is 0 Å². The molecule has 79 valence electrons. The Morgan fingerprint density at radius 2 is 1.19 bits per heavy atom. The van der Waals surface area contributed by atoms with Gasteiger partial charge in [0.25, 0.3) is 0 Å². The van der Waals surface area contributed by atoms with Gasteiger partial charge in [-0.3, -0.25) is 0 Å². The molecular formula is C15H15Si. The van der Waals surface area contributed by atoms with Crippen LogP contribution in [0.5, 0.6) is 0 Å². The highest BCUT2D eigenvalue weighted by Crippen LogP contribution is 2.45. The van der Waals surface area contributed by atoms with Gasteiger partial charge >= 0.3 is 0 Å². The van der Waals surface area contributed by atoms with Crippen LogP contribution in [0.25, 0.3) is 11.1 Å². The minimum Gasteiger partial charge on any atom is -0.0705 e. The van der Waals surface area contributed by atoms with E-state index < -0.39 is 0 Å². The molecule has 3 rings (SSSR count). The molecule has 0 N–H and O–H groups in total. The molecule has 0 bridgehead atoms. The standard InChI is InChI=1S/C15H15Si/c1-16(2)15-13-9-5-3-7-11(13)12-8-4-6-10-14(12)15/h3-10,15H,1-2H3. The van der Waals surface area contributed by atoms with Crippen molar-refractivity contribution in [3.63, 3.8) is 0 Å². The SMILES string of the molecule is C[Si](C)C1c2ccccc2-c2ccccc21. The molecule has 0 saturated heterocycles. The molecule has 2 aromatic rings. The fourth-order valence-electron chi connectivity index (χ4n) is 2.78. The average Bonchev–Trinajstić information content (AvgIpc) is 2.63. The summed E-state index contributed by atoms with van der Waals surface area (Å²) in [7, 11) is -0.336. The van der Waals surface area contributed by atoms with Gasteiger partial charge in [-0.25, -0.2) is 0 Å². The topological polar surface area (TPSA) is 0 Å². The Balaban J connectivity index is 2.30. The molecule has 0 aromatic heterocycles. The number of fused-ring (bicyclic) bond motifs is 3. The molecule has 0 saturated carbocycles. The summed E-state index contributed by atoms with van der Waals surface area (Å²) in [4.78, 5) is 0. The molecule has 0 atom stereocenters. The van der Waals surface area contributed by atoms with Crippen LogP contribution in [-0.4, -0.2) is 8.80 Å². The highest BCUT2D eigenvalue weighted by molar-refractivity contribution is 6.59. The second-order valence-corrected chi connectivity index (χ2v) is 7.42. The first kappa shape index (κ1) is 9.85. The Labute approximate surface area is 98.6 Å². The Kier molecular flexibility index (Phi) is 2.22. The van der Waals surface area contributed by atoms with Gasteiger partial charge in [0, 0.05) is 5.54 Å². The van der Waals surface area contributed by atoms with Crippen molar-refractivity contribution in [3.05, 3.63) is 59.7 Å². The van der Waals surface area contributed by atoms with E-state index in [-0.39, 0.29) is 8.80 Å². The van der Waals surface area contributed by atoms with Crippen LogP contribution in [0, 0.1) is 0 Å². The maximum absolute atomic E-state index is 2.41. The van der Waals surface area contributed by atoms with E-state index in [0.29, 0.717) is 5.54 Å². The predicted molar refractivity (Wildman–Crippen MR) is 71.2 cm³/mol. The van der Waals surface area contributed by atoms with Gasteiger partial charge in [0.1, 0.15) is 0 Å². The Hall–Kier alpha value is -1.34. The zero-order valence-electron chi connectivity index (χ0n) is 9.70. The van der Waals surface area contributed by atoms with E-state index in [1.807, 2.05) is 0 Å². The van der Waals surface area contributed by atoms with Crippen molar-refractivity contribution in [3.8, 4) is 11.1 Å². The van der Waals surface area contributed by atoms with Gasteiger partial charge in [0.15, 0.2) is 0 Å². The lowest BCUT2D eigenvalue weighted by Crippen LogP contribution is -2.14. The minimum absolute atomic E-state index is 0.336. The Bertz CT molecular complexity index is 483. The van der Waals surface area contributed by atoms with Crippen LogP contribution < -0.4 is 0 Å². The van der Waals surface area contributed by atoms with Crippen LogP contribution in [0.15, 0.2) is 48.5 Å². The summed E-state index contributed by atoms with van der Waals surface area (Å²) < 4.78 is 0. The average molecular weight is 223 g/mol. The van der Waals surface area contributed by atoms with Gasteiger partial charge in [-0.1, -0.05) is 61.6 Å². The largest absolute Gasteiger partial charge is 0.0705 e. The summed E-state index contributed by atoms with van der Waals surface area (Å²) in [5, 5.41) is 0. The van der Waals surface area contributed by atoms with Crippen LogP contribution in [-0.2, 0) is 0 Å². The summed E-state index contributed by atoms with van der Waals surface area (Å²) in [5.41, 5.74) is 6.67. The van der Waals surface area contributed by atoms with Crippen molar-refractivity contribution in [2.45, 2.75) is 18.6 Å². The van der Waals surface area contributed by atoms with Crippen LogP contribution in [0.4, 0.5) is 0 Å². The van der Waals surface area contributed by atoms with Crippen LogP contribution in [0.3, 0.4) is 0 Å². The molecule has 0 spiro atoms. The van der Waals surface area contributed by atoms with Gasteiger partial charge in [-0.15, -0.1) is 0 Å². The van der Waals surface area contributed by atoms with Crippen molar-refractivity contribution >= 4 is 8.80 Å². The van der Waals surface area contributed by atoms with Crippen molar-refractivity contribution in [2.24, 2.45) is 0 Å². The fourth-order valence-corrected chi connectivity index (χ4v) is 4.53. The van der Waals surface area contributed by atoms with E-state index in [1.54, 1.807) is 11.1 Å². The second kappa shape index (κ2) is 3.60. The summed E-state index contributed by atoms with van der Waals surface area (Å²) in [5.74, 6) is 0. The maximum Gasteiger partial charge on any atom is 0.0556 e. The molecular weight excluding hydrogens is 208 g/mol. The molecule has 1 aliphatic rings. The van der Waals surface area contributed by atoms with Crippen LogP contribution in [0.1, 0.15) is 16.7 Å². The zero-order valence-corrected chi connectivity index (χ0v) is 10.7. The Morgan fingerprint density at radius 3 is 1.62 bits per heavy atom. The second-order valence-electron chi connectivity index (χ2n) is 4.68. The van der Waals surface area contributed by atoms with E-state index in [1.165, 1.54) is 11.1 Å². The number of hydrogen-bond acceptors (Lipinski definition) is 0. The summed E-state index contributed by atoms with van der Waals surface area (Å²) in [6.07, 6.45) is 0. The number of rotatable bonds is 1. The number of benzene rings is 2. The maximum atomic E-state index is 2.41. The van der Waals surface area contributed by atoms with Gasteiger partial charge in [0.05, 0.1) is 8.80 Å². The van der Waals surface area contributed by atoms with Crippen molar-refractivity contribution < 1.29 is 0 Å². The molecule has 0 unspecified atom stereocenters.